The van der Waals surface area contributed by atoms with Crippen molar-refractivity contribution in [2.45, 2.75) is 20.8 Å². The second-order valence-corrected chi connectivity index (χ2v) is 1.42. The molecule has 0 aliphatic carbocycles. The van der Waals surface area contributed by atoms with Gasteiger partial charge in [-0.2, -0.15) is 10.2 Å². The van der Waals surface area contributed by atoms with E-state index < -0.39 is 0 Å². The summed E-state index contributed by atoms with van der Waals surface area (Å²) < 4.78 is 0. The molecule has 0 radical (unpaired) electrons. The van der Waals surface area contributed by atoms with Crippen LogP contribution in [0.2, 0.25) is 0 Å². The Kier molecular flexibility index (Phi) is 4.69. The fourth-order valence-electron chi connectivity index (χ4n) is 0.357. The number of hydrogen-bond acceptors (Lipinski definition) is 2. The Morgan fingerprint density at radius 3 is 2.11 bits per heavy atom. The summed E-state index contributed by atoms with van der Waals surface area (Å²) in [5.74, 6) is 0. The highest BCUT2D eigenvalue weighted by Gasteiger charge is 1.74. The van der Waals surface area contributed by atoms with Gasteiger partial charge in [0.1, 0.15) is 0 Å². The van der Waals surface area contributed by atoms with Crippen molar-refractivity contribution in [3.05, 3.63) is 24.0 Å². The maximum absolute atomic E-state index is 3.63. The predicted molar refractivity (Wildman–Crippen MR) is 38.1 cm³/mol. The zero-order chi connectivity index (χ0) is 7.11. The number of aryl methyl sites for hydroxylation is 1. The van der Waals surface area contributed by atoms with E-state index in [-0.39, 0.29) is 0 Å². The molecule has 0 saturated heterocycles. The minimum Gasteiger partial charge on any atom is -0.159 e. The molecule has 50 valence electrons. The molecule has 1 rings (SSSR count). The average Bonchev–Trinajstić information content (AvgIpc) is 1.94. The van der Waals surface area contributed by atoms with E-state index in [0.717, 1.165) is 5.56 Å². The highest BCUT2D eigenvalue weighted by Crippen LogP contribution is 1.85. The summed E-state index contributed by atoms with van der Waals surface area (Å²) in [7, 11) is 0. The van der Waals surface area contributed by atoms with Crippen molar-refractivity contribution in [2.75, 3.05) is 0 Å². The summed E-state index contributed by atoms with van der Waals surface area (Å²) in [5.41, 5.74) is 1.15. The zero-order valence-electron chi connectivity index (χ0n) is 6.13. The van der Waals surface area contributed by atoms with Crippen LogP contribution in [0.5, 0.6) is 0 Å². The first-order valence-corrected chi connectivity index (χ1v) is 3.13. The Balaban J connectivity index is 0.000000291. The van der Waals surface area contributed by atoms with E-state index >= 15 is 0 Å². The molecule has 1 aromatic heterocycles. The van der Waals surface area contributed by atoms with E-state index in [9.17, 15) is 0 Å². The van der Waals surface area contributed by atoms with Crippen LogP contribution >= 0.6 is 0 Å². The Morgan fingerprint density at radius 2 is 1.89 bits per heavy atom. The van der Waals surface area contributed by atoms with Gasteiger partial charge in [0.25, 0.3) is 0 Å². The van der Waals surface area contributed by atoms with E-state index in [2.05, 4.69) is 10.2 Å². The molecule has 0 aliphatic heterocycles. The normalized spacial score (nSPS) is 7.44. The van der Waals surface area contributed by atoms with Crippen molar-refractivity contribution >= 4 is 0 Å². The summed E-state index contributed by atoms with van der Waals surface area (Å²) in [6.07, 6.45) is 3.40. The third-order valence-electron chi connectivity index (χ3n) is 0.732. The number of nitrogens with zero attached hydrogens (tertiary/aromatic N) is 2. The molecule has 0 atom stereocenters. The highest BCUT2D eigenvalue weighted by molar-refractivity contribution is 5.00. The predicted octanol–water partition coefficient (Wildman–Crippen LogP) is 1.81. The fraction of sp³-hybridized carbons (Fsp3) is 0.429. The maximum Gasteiger partial charge on any atom is 0.0525 e. The van der Waals surface area contributed by atoms with Crippen molar-refractivity contribution in [1.29, 1.82) is 0 Å². The summed E-state index contributed by atoms with van der Waals surface area (Å²) in [4.78, 5) is 0. The third kappa shape index (κ3) is 3.64. The lowest BCUT2D eigenvalue weighted by atomic mass is 10.4. The second-order valence-electron chi connectivity index (χ2n) is 1.42. The van der Waals surface area contributed by atoms with Crippen molar-refractivity contribution in [1.82, 2.24) is 10.2 Å². The van der Waals surface area contributed by atoms with Crippen molar-refractivity contribution in [3.8, 4) is 0 Å². The van der Waals surface area contributed by atoms with Gasteiger partial charge in [-0.25, -0.2) is 0 Å². The van der Waals surface area contributed by atoms with Crippen LogP contribution < -0.4 is 0 Å². The molecule has 2 nitrogen and oxygen atoms in total. The Hall–Kier alpha value is -0.920. The minimum absolute atomic E-state index is 1.15. The van der Waals surface area contributed by atoms with E-state index in [4.69, 9.17) is 0 Å². The van der Waals surface area contributed by atoms with E-state index in [1.54, 1.807) is 12.4 Å². The van der Waals surface area contributed by atoms with Crippen LogP contribution in [-0.2, 0) is 0 Å². The van der Waals surface area contributed by atoms with Crippen LogP contribution in [0.15, 0.2) is 18.5 Å². The lowest BCUT2D eigenvalue weighted by Crippen LogP contribution is -1.76. The molecule has 0 N–H and O–H groups in total. The smallest absolute Gasteiger partial charge is 0.0525 e. The Morgan fingerprint density at radius 1 is 1.22 bits per heavy atom. The van der Waals surface area contributed by atoms with Crippen LogP contribution in [0, 0.1) is 6.92 Å². The maximum atomic E-state index is 3.63. The Bertz CT molecular complexity index is 137. The lowest BCUT2D eigenvalue weighted by Gasteiger charge is -1.80. The summed E-state index contributed by atoms with van der Waals surface area (Å²) in [5, 5.41) is 7.23. The first-order valence-electron chi connectivity index (χ1n) is 3.13. The molecule has 0 amide bonds. The van der Waals surface area contributed by atoms with Gasteiger partial charge < -0.3 is 0 Å². The van der Waals surface area contributed by atoms with Gasteiger partial charge in [-0.3, -0.25) is 0 Å². The average molecular weight is 124 g/mol. The van der Waals surface area contributed by atoms with Gasteiger partial charge in [0.2, 0.25) is 0 Å². The molecule has 1 aromatic rings. The monoisotopic (exact) mass is 124 g/mol. The standard InChI is InChI=1S/C5H6N2.C2H6/c1-5-2-3-6-7-4-5;1-2/h2-4H,1H3;1-2H3. The number of aromatic nitrogens is 2. The molecule has 0 spiro atoms. The van der Waals surface area contributed by atoms with E-state index in [1.165, 1.54) is 0 Å². The summed E-state index contributed by atoms with van der Waals surface area (Å²) in [6, 6.07) is 1.91. The molecule has 0 aromatic carbocycles. The largest absolute Gasteiger partial charge is 0.159 e. The fourth-order valence-corrected chi connectivity index (χ4v) is 0.357. The van der Waals surface area contributed by atoms with Crippen LogP contribution in [0.3, 0.4) is 0 Å². The van der Waals surface area contributed by atoms with Gasteiger partial charge >= 0.3 is 0 Å². The second kappa shape index (κ2) is 5.22. The van der Waals surface area contributed by atoms with Crippen LogP contribution in [0.1, 0.15) is 19.4 Å². The molecule has 1 heterocycles. The van der Waals surface area contributed by atoms with Gasteiger partial charge in [0.15, 0.2) is 0 Å². The van der Waals surface area contributed by atoms with Crippen molar-refractivity contribution < 1.29 is 0 Å². The number of hydrogen-bond donors (Lipinski definition) is 0. The lowest BCUT2D eigenvalue weighted by molar-refractivity contribution is 1.01. The molecular weight excluding hydrogens is 112 g/mol. The van der Waals surface area contributed by atoms with Gasteiger partial charge in [-0.1, -0.05) is 13.8 Å². The minimum atomic E-state index is 1.15. The Labute approximate surface area is 55.9 Å². The van der Waals surface area contributed by atoms with Gasteiger partial charge in [0, 0.05) is 6.20 Å². The van der Waals surface area contributed by atoms with E-state index in [0.29, 0.717) is 0 Å². The third-order valence-corrected chi connectivity index (χ3v) is 0.732. The molecule has 0 fully saturated rings. The van der Waals surface area contributed by atoms with Crippen LogP contribution in [0.4, 0.5) is 0 Å². The number of rotatable bonds is 0. The molecule has 2 heteroatoms. The summed E-state index contributed by atoms with van der Waals surface area (Å²) in [6.45, 7) is 5.98. The van der Waals surface area contributed by atoms with Crippen molar-refractivity contribution in [2.24, 2.45) is 0 Å². The van der Waals surface area contributed by atoms with Crippen LogP contribution in [-0.4, -0.2) is 10.2 Å². The van der Waals surface area contributed by atoms with E-state index in [1.807, 2.05) is 26.8 Å². The van der Waals surface area contributed by atoms with Crippen molar-refractivity contribution in [3.63, 3.8) is 0 Å². The van der Waals surface area contributed by atoms with Gasteiger partial charge in [-0.05, 0) is 18.6 Å². The molecule has 0 saturated carbocycles. The summed E-state index contributed by atoms with van der Waals surface area (Å²) >= 11 is 0. The quantitative estimate of drug-likeness (QED) is 0.527. The molecule has 0 bridgehead atoms. The molecule has 9 heavy (non-hydrogen) atoms. The van der Waals surface area contributed by atoms with Crippen LogP contribution in [0.25, 0.3) is 0 Å². The first kappa shape index (κ1) is 8.08. The molecular formula is C7H12N2. The zero-order valence-corrected chi connectivity index (χ0v) is 6.13. The topological polar surface area (TPSA) is 25.8 Å². The highest BCUT2D eigenvalue weighted by atomic mass is 15.1. The SMILES string of the molecule is CC.Cc1ccnnc1. The van der Waals surface area contributed by atoms with Gasteiger partial charge in [-0.15, -0.1) is 0 Å². The molecule has 0 unspecified atom stereocenters. The molecule has 0 aliphatic rings. The first-order chi connectivity index (χ1) is 4.39. The van der Waals surface area contributed by atoms with Gasteiger partial charge in [0.05, 0.1) is 6.20 Å².